The molecule has 2 atom stereocenters. The number of hydrogen-bond donors (Lipinski definition) is 1. The summed E-state index contributed by atoms with van der Waals surface area (Å²) in [5.41, 5.74) is 0. The minimum atomic E-state index is -0.139. The third-order valence-corrected chi connectivity index (χ3v) is 5.04. The first-order valence-corrected chi connectivity index (χ1v) is 7.28. The van der Waals surface area contributed by atoms with Gasteiger partial charge in [-0.2, -0.15) is 11.8 Å². The highest BCUT2D eigenvalue weighted by atomic mass is 32.2. The van der Waals surface area contributed by atoms with Gasteiger partial charge < -0.3 is 9.84 Å². The Labute approximate surface area is 96.8 Å². The van der Waals surface area contributed by atoms with Crippen LogP contribution in [0, 0.1) is 5.92 Å². The van der Waals surface area contributed by atoms with E-state index in [0.717, 1.165) is 30.6 Å². The standard InChI is InChI=1S/C12H22O2S/c13-12(10-6-7-14-8-10)9-15-11-4-2-1-3-5-11/h10-13H,1-9H2. The third kappa shape index (κ3) is 3.65. The number of ether oxygens (including phenoxy) is 1. The van der Waals surface area contributed by atoms with E-state index in [4.69, 9.17) is 4.74 Å². The van der Waals surface area contributed by atoms with Crippen molar-refractivity contribution >= 4 is 11.8 Å². The van der Waals surface area contributed by atoms with Gasteiger partial charge in [0.15, 0.2) is 0 Å². The van der Waals surface area contributed by atoms with Crippen molar-refractivity contribution in [3.63, 3.8) is 0 Å². The van der Waals surface area contributed by atoms with Crippen molar-refractivity contribution in [3.8, 4) is 0 Å². The Balaban J connectivity index is 1.63. The molecule has 15 heavy (non-hydrogen) atoms. The second-order valence-corrected chi connectivity index (χ2v) is 6.12. The van der Waals surface area contributed by atoms with Gasteiger partial charge in [-0.3, -0.25) is 0 Å². The van der Waals surface area contributed by atoms with Crippen LogP contribution in [0.5, 0.6) is 0 Å². The van der Waals surface area contributed by atoms with Gasteiger partial charge in [0.25, 0.3) is 0 Å². The van der Waals surface area contributed by atoms with Crippen LogP contribution in [-0.4, -0.2) is 35.4 Å². The van der Waals surface area contributed by atoms with Crippen LogP contribution in [0.1, 0.15) is 38.5 Å². The molecule has 0 aromatic rings. The SMILES string of the molecule is OC(CSC1CCCCC1)C1CCOC1. The topological polar surface area (TPSA) is 29.5 Å². The Hall–Kier alpha value is 0.270. The third-order valence-electron chi connectivity index (χ3n) is 3.56. The molecular weight excluding hydrogens is 208 g/mol. The van der Waals surface area contributed by atoms with Crippen LogP contribution < -0.4 is 0 Å². The summed E-state index contributed by atoms with van der Waals surface area (Å²) in [6.07, 6.45) is 7.82. The highest BCUT2D eigenvalue weighted by Crippen LogP contribution is 2.30. The number of hydrogen-bond acceptors (Lipinski definition) is 3. The number of aliphatic hydroxyl groups excluding tert-OH is 1. The van der Waals surface area contributed by atoms with Crippen molar-refractivity contribution in [3.05, 3.63) is 0 Å². The predicted octanol–water partition coefficient (Wildman–Crippen LogP) is 2.45. The highest BCUT2D eigenvalue weighted by Gasteiger charge is 2.25. The molecule has 1 heterocycles. The molecule has 1 N–H and O–H groups in total. The maximum absolute atomic E-state index is 9.98. The van der Waals surface area contributed by atoms with Crippen LogP contribution in [0.2, 0.25) is 0 Å². The summed E-state index contributed by atoms with van der Waals surface area (Å²) in [5.74, 6) is 1.32. The normalized spacial score (nSPS) is 30.6. The molecular formula is C12H22O2S. The lowest BCUT2D eigenvalue weighted by Crippen LogP contribution is -2.24. The van der Waals surface area contributed by atoms with E-state index in [9.17, 15) is 5.11 Å². The summed E-state index contributed by atoms with van der Waals surface area (Å²) in [5, 5.41) is 10.8. The molecule has 1 saturated heterocycles. The van der Waals surface area contributed by atoms with E-state index in [2.05, 4.69) is 0 Å². The van der Waals surface area contributed by atoms with Gasteiger partial charge in [-0.05, 0) is 19.3 Å². The molecule has 2 unspecified atom stereocenters. The maximum atomic E-state index is 9.98. The lowest BCUT2D eigenvalue weighted by molar-refractivity contribution is 0.109. The molecule has 1 aliphatic carbocycles. The van der Waals surface area contributed by atoms with Crippen molar-refractivity contribution < 1.29 is 9.84 Å². The lowest BCUT2D eigenvalue weighted by atomic mass is 10.0. The summed E-state index contributed by atoms with van der Waals surface area (Å²) in [4.78, 5) is 0. The van der Waals surface area contributed by atoms with Crippen LogP contribution in [0.3, 0.4) is 0 Å². The average Bonchev–Trinajstić information content (AvgIpc) is 2.81. The van der Waals surface area contributed by atoms with Gasteiger partial charge in [-0.25, -0.2) is 0 Å². The lowest BCUT2D eigenvalue weighted by Gasteiger charge is -2.23. The Morgan fingerprint density at radius 2 is 2.00 bits per heavy atom. The minimum Gasteiger partial charge on any atom is -0.392 e. The molecule has 2 nitrogen and oxygen atoms in total. The first-order chi connectivity index (χ1) is 7.36. The van der Waals surface area contributed by atoms with Gasteiger partial charge in [0, 0.05) is 23.5 Å². The predicted molar refractivity (Wildman–Crippen MR) is 64.3 cm³/mol. The van der Waals surface area contributed by atoms with E-state index in [1.807, 2.05) is 11.8 Å². The molecule has 3 heteroatoms. The zero-order chi connectivity index (χ0) is 10.5. The van der Waals surface area contributed by atoms with Crippen molar-refractivity contribution in [2.45, 2.75) is 49.9 Å². The van der Waals surface area contributed by atoms with Gasteiger partial charge >= 0.3 is 0 Å². The van der Waals surface area contributed by atoms with Crippen LogP contribution in [0.15, 0.2) is 0 Å². The molecule has 0 bridgehead atoms. The van der Waals surface area contributed by atoms with E-state index in [-0.39, 0.29) is 6.10 Å². The van der Waals surface area contributed by atoms with Crippen LogP contribution in [-0.2, 0) is 4.74 Å². The molecule has 0 amide bonds. The molecule has 1 aliphatic heterocycles. The Bertz CT molecular complexity index is 174. The molecule has 0 spiro atoms. The minimum absolute atomic E-state index is 0.139. The summed E-state index contributed by atoms with van der Waals surface area (Å²) in [6.45, 7) is 1.61. The number of thioether (sulfide) groups is 1. The van der Waals surface area contributed by atoms with Crippen LogP contribution >= 0.6 is 11.8 Å². The monoisotopic (exact) mass is 230 g/mol. The quantitative estimate of drug-likeness (QED) is 0.804. The molecule has 1 saturated carbocycles. The van der Waals surface area contributed by atoms with Crippen molar-refractivity contribution in [1.29, 1.82) is 0 Å². The van der Waals surface area contributed by atoms with E-state index in [1.54, 1.807) is 0 Å². The van der Waals surface area contributed by atoms with Gasteiger partial charge in [0.2, 0.25) is 0 Å². The zero-order valence-electron chi connectivity index (χ0n) is 9.36. The summed E-state index contributed by atoms with van der Waals surface area (Å²) >= 11 is 1.99. The van der Waals surface area contributed by atoms with Gasteiger partial charge in [-0.1, -0.05) is 19.3 Å². The van der Waals surface area contributed by atoms with Crippen molar-refractivity contribution in [2.24, 2.45) is 5.92 Å². The summed E-state index contributed by atoms with van der Waals surface area (Å²) < 4.78 is 5.30. The Kier molecular flexibility index (Phi) is 4.79. The molecule has 2 fully saturated rings. The second kappa shape index (κ2) is 6.12. The smallest absolute Gasteiger partial charge is 0.0681 e. The molecule has 0 radical (unpaired) electrons. The van der Waals surface area contributed by atoms with E-state index in [0.29, 0.717) is 5.92 Å². The van der Waals surface area contributed by atoms with E-state index >= 15 is 0 Å². The van der Waals surface area contributed by atoms with Gasteiger partial charge in [0.1, 0.15) is 0 Å². The maximum Gasteiger partial charge on any atom is 0.0681 e. The average molecular weight is 230 g/mol. The highest BCUT2D eigenvalue weighted by molar-refractivity contribution is 7.99. The van der Waals surface area contributed by atoms with Crippen molar-refractivity contribution in [1.82, 2.24) is 0 Å². The molecule has 0 aromatic heterocycles. The summed E-state index contributed by atoms with van der Waals surface area (Å²) in [7, 11) is 0. The van der Waals surface area contributed by atoms with E-state index in [1.165, 1.54) is 32.1 Å². The zero-order valence-corrected chi connectivity index (χ0v) is 10.2. The van der Waals surface area contributed by atoms with Crippen molar-refractivity contribution in [2.75, 3.05) is 19.0 Å². The fraction of sp³-hybridized carbons (Fsp3) is 1.00. The molecule has 2 rings (SSSR count). The van der Waals surface area contributed by atoms with Crippen LogP contribution in [0.25, 0.3) is 0 Å². The van der Waals surface area contributed by atoms with Gasteiger partial charge in [-0.15, -0.1) is 0 Å². The van der Waals surface area contributed by atoms with Gasteiger partial charge in [0.05, 0.1) is 12.7 Å². The van der Waals surface area contributed by atoms with Crippen LogP contribution in [0.4, 0.5) is 0 Å². The first kappa shape index (κ1) is 11.7. The number of aliphatic hydroxyl groups is 1. The Morgan fingerprint density at radius 1 is 1.20 bits per heavy atom. The number of rotatable bonds is 4. The second-order valence-electron chi connectivity index (χ2n) is 4.78. The molecule has 2 aliphatic rings. The fourth-order valence-corrected chi connectivity index (χ4v) is 3.87. The summed E-state index contributed by atoms with van der Waals surface area (Å²) in [6, 6.07) is 0. The largest absolute Gasteiger partial charge is 0.392 e. The van der Waals surface area contributed by atoms with E-state index < -0.39 is 0 Å². The molecule has 0 aromatic carbocycles. The fourth-order valence-electron chi connectivity index (χ4n) is 2.46. The first-order valence-electron chi connectivity index (χ1n) is 6.23. The Morgan fingerprint density at radius 3 is 2.67 bits per heavy atom. The molecule has 88 valence electrons.